The number of nitrogens with one attached hydrogen (secondary N) is 1. The fraction of sp³-hybridized carbons (Fsp3) is 0.0556. The Labute approximate surface area is 167 Å². The number of amides is 1. The molecule has 4 aromatic rings. The fourth-order valence-electron chi connectivity index (χ4n) is 2.37. The van der Waals surface area contributed by atoms with Crippen molar-refractivity contribution in [2.24, 2.45) is 0 Å². The Morgan fingerprint density at radius 1 is 1.04 bits per heavy atom. The molecule has 0 saturated heterocycles. The summed E-state index contributed by atoms with van der Waals surface area (Å²) in [6.07, 6.45) is 1.72. The van der Waals surface area contributed by atoms with E-state index in [0.29, 0.717) is 16.5 Å². The quantitative estimate of drug-likeness (QED) is 0.476. The maximum Gasteiger partial charge on any atom is 0.234 e. The molecule has 0 fully saturated rings. The van der Waals surface area contributed by atoms with E-state index in [2.05, 4.69) is 41.5 Å². The monoisotopic (exact) mass is 440 g/mol. The van der Waals surface area contributed by atoms with Gasteiger partial charge in [-0.3, -0.25) is 9.78 Å². The van der Waals surface area contributed by atoms with E-state index >= 15 is 0 Å². The topological polar surface area (TPSA) is 85.1 Å². The SMILES string of the molecule is O=C(CSc1nnc2ccc(-c3ccccn3)nn12)Nc1ccc(Br)cc1. The van der Waals surface area contributed by atoms with Crippen LogP contribution < -0.4 is 5.32 Å². The summed E-state index contributed by atoms with van der Waals surface area (Å²) in [6.45, 7) is 0. The molecule has 134 valence electrons. The molecule has 7 nitrogen and oxygen atoms in total. The fourth-order valence-corrected chi connectivity index (χ4v) is 3.32. The van der Waals surface area contributed by atoms with Crippen molar-refractivity contribution in [3.63, 3.8) is 0 Å². The Morgan fingerprint density at radius 2 is 1.89 bits per heavy atom. The number of nitrogens with zero attached hydrogens (tertiary/aromatic N) is 5. The molecule has 0 spiro atoms. The van der Waals surface area contributed by atoms with E-state index in [1.807, 2.05) is 54.6 Å². The summed E-state index contributed by atoms with van der Waals surface area (Å²) in [5.41, 5.74) is 2.83. The molecule has 1 N–H and O–H groups in total. The molecule has 0 bridgehead atoms. The number of carbonyl (C=O) groups is 1. The lowest BCUT2D eigenvalue weighted by Crippen LogP contribution is -2.14. The first-order chi connectivity index (χ1) is 13.2. The molecule has 0 radical (unpaired) electrons. The molecule has 0 aliphatic carbocycles. The number of rotatable bonds is 5. The van der Waals surface area contributed by atoms with E-state index in [1.165, 1.54) is 11.8 Å². The van der Waals surface area contributed by atoms with Crippen LogP contribution in [0.5, 0.6) is 0 Å². The molecule has 3 aromatic heterocycles. The number of benzene rings is 1. The summed E-state index contributed by atoms with van der Waals surface area (Å²) in [5, 5.41) is 16.2. The van der Waals surface area contributed by atoms with Crippen molar-refractivity contribution in [1.82, 2.24) is 24.8 Å². The highest BCUT2D eigenvalue weighted by Gasteiger charge is 2.12. The van der Waals surface area contributed by atoms with Crippen molar-refractivity contribution in [2.75, 3.05) is 11.1 Å². The maximum atomic E-state index is 12.2. The number of pyridine rings is 1. The van der Waals surface area contributed by atoms with Gasteiger partial charge in [0.2, 0.25) is 11.1 Å². The Hall–Kier alpha value is -2.78. The van der Waals surface area contributed by atoms with Gasteiger partial charge in [-0.2, -0.15) is 9.61 Å². The van der Waals surface area contributed by atoms with Crippen LogP contribution in [0.2, 0.25) is 0 Å². The van der Waals surface area contributed by atoms with Crippen molar-refractivity contribution in [3.8, 4) is 11.4 Å². The summed E-state index contributed by atoms with van der Waals surface area (Å²) < 4.78 is 2.58. The van der Waals surface area contributed by atoms with Crippen LogP contribution in [0.1, 0.15) is 0 Å². The van der Waals surface area contributed by atoms with Gasteiger partial charge in [-0.15, -0.1) is 10.2 Å². The van der Waals surface area contributed by atoms with E-state index in [9.17, 15) is 4.79 Å². The van der Waals surface area contributed by atoms with Crippen molar-refractivity contribution in [3.05, 3.63) is 65.3 Å². The molecular weight excluding hydrogens is 428 g/mol. The first-order valence-electron chi connectivity index (χ1n) is 8.01. The highest BCUT2D eigenvalue weighted by atomic mass is 79.9. The van der Waals surface area contributed by atoms with Gasteiger partial charge in [-0.05, 0) is 48.5 Å². The largest absolute Gasteiger partial charge is 0.325 e. The van der Waals surface area contributed by atoms with Crippen LogP contribution in [0.25, 0.3) is 17.0 Å². The Balaban J connectivity index is 1.48. The van der Waals surface area contributed by atoms with E-state index in [0.717, 1.165) is 15.9 Å². The second-order valence-electron chi connectivity index (χ2n) is 5.53. The summed E-state index contributed by atoms with van der Waals surface area (Å²) in [5.74, 6) is 0.0757. The molecular formula is C18H13BrN6OS. The molecule has 9 heteroatoms. The number of thioether (sulfide) groups is 1. The average molecular weight is 441 g/mol. The predicted molar refractivity (Wildman–Crippen MR) is 108 cm³/mol. The number of hydrogen-bond donors (Lipinski definition) is 1. The van der Waals surface area contributed by atoms with Gasteiger partial charge in [0, 0.05) is 16.4 Å². The van der Waals surface area contributed by atoms with Crippen LogP contribution in [0.4, 0.5) is 5.69 Å². The normalized spacial score (nSPS) is 10.9. The van der Waals surface area contributed by atoms with Crippen LogP contribution in [0, 0.1) is 0 Å². The highest BCUT2D eigenvalue weighted by molar-refractivity contribution is 9.10. The molecule has 4 rings (SSSR count). The number of fused-ring (bicyclic) bond motifs is 1. The lowest BCUT2D eigenvalue weighted by atomic mass is 10.2. The Kier molecular flexibility index (Phi) is 5.12. The lowest BCUT2D eigenvalue weighted by molar-refractivity contribution is -0.113. The molecule has 27 heavy (non-hydrogen) atoms. The molecule has 0 unspecified atom stereocenters. The standard InChI is InChI=1S/C18H13BrN6OS/c19-12-4-6-13(7-5-12)21-17(26)11-27-18-23-22-16-9-8-15(24-25(16)18)14-3-1-2-10-20-14/h1-10H,11H2,(H,21,26). The van der Waals surface area contributed by atoms with E-state index in [-0.39, 0.29) is 11.7 Å². The van der Waals surface area contributed by atoms with Crippen molar-refractivity contribution < 1.29 is 4.79 Å². The zero-order chi connectivity index (χ0) is 18.6. The summed E-state index contributed by atoms with van der Waals surface area (Å²) >= 11 is 4.64. The zero-order valence-electron chi connectivity index (χ0n) is 13.9. The van der Waals surface area contributed by atoms with Crippen LogP contribution in [-0.2, 0) is 4.79 Å². The minimum absolute atomic E-state index is 0.125. The number of aromatic nitrogens is 5. The van der Waals surface area contributed by atoms with Gasteiger partial charge in [-0.25, -0.2) is 0 Å². The summed E-state index contributed by atoms with van der Waals surface area (Å²) in [4.78, 5) is 16.5. The van der Waals surface area contributed by atoms with Crippen molar-refractivity contribution in [2.45, 2.75) is 5.16 Å². The van der Waals surface area contributed by atoms with Crippen molar-refractivity contribution in [1.29, 1.82) is 0 Å². The van der Waals surface area contributed by atoms with Crippen LogP contribution in [-0.4, -0.2) is 36.5 Å². The van der Waals surface area contributed by atoms with Crippen LogP contribution in [0.15, 0.2) is 70.4 Å². The maximum absolute atomic E-state index is 12.2. The Morgan fingerprint density at radius 3 is 2.67 bits per heavy atom. The second kappa shape index (κ2) is 7.85. The molecule has 0 saturated carbocycles. The first kappa shape index (κ1) is 17.6. The third-order valence-corrected chi connectivity index (χ3v) is 5.07. The van der Waals surface area contributed by atoms with Gasteiger partial charge < -0.3 is 5.32 Å². The highest BCUT2D eigenvalue weighted by Crippen LogP contribution is 2.20. The molecule has 0 aliphatic heterocycles. The van der Waals surface area contributed by atoms with Gasteiger partial charge in [0.05, 0.1) is 11.4 Å². The van der Waals surface area contributed by atoms with Gasteiger partial charge >= 0.3 is 0 Å². The van der Waals surface area contributed by atoms with Gasteiger partial charge in [0.1, 0.15) is 5.69 Å². The van der Waals surface area contributed by atoms with Gasteiger partial charge in [0.25, 0.3) is 0 Å². The third-order valence-electron chi connectivity index (χ3n) is 3.62. The van der Waals surface area contributed by atoms with E-state index in [4.69, 9.17) is 0 Å². The van der Waals surface area contributed by atoms with Gasteiger partial charge in [0.15, 0.2) is 5.65 Å². The average Bonchev–Trinajstić information content (AvgIpc) is 3.11. The minimum atomic E-state index is -0.125. The number of halogens is 1. The first-order valence-corrected chi connectivity index (χ1v) is 9.79. The number of carbonyl (C=O) groups excluding carboxylic acids is 1. The molecule has 1 aromatic carbocycles. The van der Waals surface area contributed by atoms with E-state index < -0.39 is 0 Å². The van der Waals surface area contributed by atoms with Crippen LogP contribution in [0.3, 0.4) is 0 Å². The zero-order valence-corrected chi connectivity index (χ0v) is 16.3. The molecule has 0 atom stereocenters. The number of hydrogen-bond acceptors (Lipinski definition) is 6. The van der Waals surface area contributed by atoms with Crippen LogP contribution >= 0.6 is 27.7 Å². The molecule has 3 heterocycles. The van der Waals surface area contributed by atoms with E-state index in [1.54, 1.807) is 10.7 Å². The Bertz CT molecular complexity index is 1080. The van der Waals surface area contributed by atoms with Crippen molar-refractivity contribution >= 4 is 44.9 Å². The smallest absolute Gasteiger partial charge is 0.234 e. The predicted octanol–water partition coefficient (Wildman–Crippen LogP) is 3.68. The minimum Gasteiger partial charge on any atom is -0.325 e. The van der Waals surface area contributed by atoms with Gasteiger partial charge in [-0.1, -0.05) is 33.8 Å². The number of anilines is 1. The third kappa shape index (κ3) is 4.15. The molecule has 1 amide bonds. The summed E-state index contributed by atoms with van der Waals surface area (Å²) in [6, 6.07) is 16.7. The second-order valence-corrected chi connectivity index (χ2v) is 7.39. The summed E-state index contributed by atoms with van der Waals surface area (Å²) in [7, 11) is 0. The lowest BCUT2D eigenvalue weighted by Gasteiger charge is -2.05. The molecule has 0 aliphatic rings.